The summed E-state index contributed by atoms with van der Waals surface area (Å²) in [5, 5.41) is 20.2. The van der Waals surface area contributed by atoms with Gasteiger partial charge in [-0.15, -0.1) is 0 Å². The zero-order chi connectivity index (χ0) is 25.8. The molecule has 2 aliphatic rings. The van der Waals surface area contributed by atoms with Crippen LogP contribution in [0.4, 0.5) is 5.82 Å². The Bertz CT molecular complexity index is 1410. The van der Waals surface area contributed by atoms with Crippen molar-refractivity contribution in [3.8, 4) is 6.07 Å². The third-order valence-corrected chi connectivity index (χ3v) is 7.87. The largest absolute Gasteiger partial charge is 0.354 e. The van der Waals surface area contributed by atoms with Crippen LogP contribution in [0.1, 0.15) is 49.4 Å². The third-order valence-electron chi connectivity index (χ3n) is 7.87. The molecule has 0 radical (unpaired) electrons. The highest BCUT2D eigenvalue weighted by Gasteiger charge is 2.35. The molecule has 1 fully saturated rings. The van der Waals surface area contributed by atoms with Crippen LogP contribution in [0, 0.1) is 23.2 Å². The van der Waals surface area contributed by atoms with Gasteiger partial charge in [-0.2, -0.15) is 10.4 Å². The molecule has 2 atom stereocenters. The number of nitriles is 1. The van der Waals surface area contributed by atoms with E-state index in [1.54, 1.807) is 12.2 Å². The molecule has 0 amide bonds. The number of H-pyrrole nitrogens is 1. The number of aryl methyl sites for hydroxylation is 1. The van der Waals surface area contributed by atoms with E-state index in [2.05, 4.69) is 71.2 Å². The molecular formula is C32H34N4O. The van der Waals surface area contributed by atoms with E-state index in [0.717, 1.165) is 50.0 Å². The fourth-order valence-electron chi connectivity index (χ4n) is 6.00. The topological polar surface area (TPSA) is 72.8 Å². The van der Waals surface area contributed by atoms with Crippen molar-refractivity contribution in [2.75, 3.05) is 18.0 Å². The standard InChI is InChI=1S/C32H34N4O/c1-3-7-30(37)31-22(2)17-19-36(21-26(31)16-18-33)32-28-14-12-23(13-15-29(28)34-35-32)20-25-10-6-9-24-8-4-5-11-27(24)25/h3-11,20,26,31H,2,12-17,19,21H2,1H3,(H,34,35)/b7-3+,23-20+. The highest BCUT2D eigenvalue weighted by Crippen LogP contribution is 2.36. The second-order valence-corrected chi connectivity index (χ2v) is 10.2. The highest BCUT2D eigenvalue weighted by molar-refractivity contribution is 5.94. The Morgan fingerprint density at radius 3 is 2.81 bits per heavy atom. The van der Waals surface area contributed by atoms with Gasteiger partial charge in [0.2, 0.25) is 0 Å². The van der Waals surface area contributed by atoms with Crippen LogP contribution in [0.25, 0.3) is 16.8 Å². The minimum atomic E-state index is -0.311. The third kappa shape index (κ3) is 5.15. The van der Waals surface area contributed by atoms with E-state index in [1.807, 2.05) is 6.92 Å². The summed E-state index contributed by atoms with van der Waals surface area (Å²) in [7, 11) is 0. The Labute approximate surface area is 219 Å². The molecule has 5 rings (SSSR count). The van der Waals surface area contributed by atoms with Crippen molar-refractivity contribution in [3.63, 3.8) is 0 Å². The van der Waals surface area contributed by atoms with Gasteiger partial charge in [-0.1, -0.05) is 72.3 Å². The second kappa shape index (κ2) is 11.0. The summed E-state index contributed by atoms with van der Waals surface area (Å²) in [4.78, 5) is 15.2. The number of aromatic nitrogens is 2. The number of anilines is 1. The van der Waals surface area contributed by atoms with Gasteiger partial charge >= 0.3 is 0 Å². The van der Waals surface area contributed by atoms with E-state index in [9.17, 15) is 10.1 Å². The molecule has 2 heterocycles. The van der Waals surface area contributed by atoms with Crippen LogP contribution < -0.4 is 4.90 Å². The zero-order valence-electron chi connectivity index (χ0n) is 21.5. The lowest BCUT2D eigenvalue weighted by Gasteiger charge is -2.27. The molecule has 1 aliphatic heterocycles. The number of nitrogens with zero attached hydrogens (tertiary/aromatic N) is 3. The number of allylic oxidation sites excluding steroid dienone is 3. The van der Waals surface area contributed by atoms with Crippen molar-refractivity contribution < 1.29 is 4.79 Å². The summed E-state index contributed by atoms with van der Waals surface area (Å²) in [6, 6.07) is 17.4. The maximum atomic E-state index is 12.9. The van der Waals surface area contributed by atoms with E-state index in [1.165, 1.54) is 33.2 Å². The first kappa shape index (κ1) is 24.8. The molecule has 0 spiro atoms. The molecule has 3 aromatic rings. The summed E-state index contributed by atoms with van der Waals surface area (Å²) in [6.45, 7) is 7.50. The van der Waals surface area contributed by atoms with Gasteiger partial charge in [-0.25, -0.2) is 0 Å². The molecule has 1 aromatic heterocycles. The average molecular weight is 491 g/mol. The van der Waals surface area contributed by atoms with Crippen molar-refractivity contribution in [3.05, 3.63) is 89.2 Å². The number of hydrogen-bond acceptors (Lipinski definition) is 4. The Kier molecular flexibility index (Phi) is 7.37. The van der Waals surface area contributed by atoms with Crippen LogP contribution in [0.5, 0.6) is 0 Å². The van der Waals surface area contributed by atoms with Crippen molar-refractivity contribution >= 4 is 28.4 Å². The first-order valence-corrected chi connectivity index (χ1v) is 13.3. The van der Waals surface area contributed by atoms with Gasteiger partial charge in [0.1, 0.15) is 0 Å². The van der Waals surface area contributed by atoms with Crippen LogP contribution in [0.2, 0.25) is 0 Å². The normalized spacial score (nSPS) is 21.6. The van der Waals surface area contributed by atoms with Gasteiger partial charge in [-0.05, 0) is 61.4 Å². The molecule has 5 heteroatoms. The first-order chi connectivity index (χ1) is 18.1. The molecular weight excluding hydrogens is 456 g/mol. The van der Waals surface area contributed by atoms with E-state index in [0.29, 0.717) is 13.0 Å². The Morgan fingerprint density at radius 2 is 1.97 bits per heavy atom. The van der Waals surface area contributed by atoms with Crippen LogP contribution in [-0.2, 0) is 17.6 Å². The van der Waals surface area contributed by atoms with E-state index in [4.69, 9.17) is 5.10 Å². The number of ketones is 1. The predicted molar refractivity (Wildman–Crippen MR) is 150 cm³/mol. The SMILES string of the molecule is C=C1CCN(c2n[nH]c3c2CC/C(=C\c2cccc4ccccc24)CC3)CC(CC#N)C1C(=O)/C=C/C. The van der Waals surface area contributed by atoms with Gasteiger partial charge in [0.15, 0.2) is 11.6 Å². The van der Waals surface area contributed by atoms with Gasteiger partial charge in [0.25, 0.3) is 0 Å². The molecule has 1 N–H and O–H groups in total. The molecule has 0 bridgehead atoms. The molecule has 2 aromatic carbocycles. The lowest BCUT2D eigenvalue weighted by molar-refractivity contribution is -0.118. The predicted octanol–water partition coefficient (Wildman–Crippen LogP) is 6.58. The van der Waals surface area contributed by atoms with Gasteiger partial charge in [0, 0.05) is 42.6 Å². The Hall–Kier alpha value is -3.91. The second-order valence-electron chi connectivity index (χ2n) is 10.2. The van der Waals surface area contributed by atoms with E-state index < -0.39 is 0 Å². The van der Waals surface area contributed by atoms with E-state index >= 15 is 0 Å². The quantitative estimate of drug-likeness (QED) is 0.249. The number of carbonyl (C=O) groups excluding carboxylic acids is 1. The summed E-state index contributed by atoms with van der Waals surface area (Å²) in [5.74, 6) is 0.632. The maximum Gasteiger partial charge on any atom is 0.162 e. The molecule has 37 heavy (non-hydrogen) atoms. The molecule has 1 saturated heterocycles. The molecule has 0 saturated carbocycles. The number of nitrogens with one attached hydrogen (secondary N) is 1. The number of aromatic amines is 1. The van der Waals surface area contributed by atoms with Crippen molar-refractivity contribution in [1.29, 1.82) is 5.26 Å². The average Bonchev–Trinajstić information content (AvgIpc) is 3.09. The van der Waals surface area contributed by atoms with E-state index in [-0.39, 0.29) is 17.6 Å². The van der Waals surface area contributed by atoms with Crippen molar-refractivity contribution in [2.24, 2.45) is 11.8 Å². The molecule has 1 aliphatic carbocycles. The maximum absolute atomic E-state index is 12.9. The molecule has 2 unspecified atom stereocenters. The minimum Gasteiger partial charge on any atom is -0.354 e. The van der Waals surface area contributed by atoms with Crippen LogP contribution in [-0.4, -0.2) is 29.1 Å². The lowest BCUT2D eigenvalue weighted by atomic mass is 9.81. The van der Waals surface area contributed by atoms with Gasteiger partial charge in [-0.3, -0.25) is 9.89 Å². The number of fused-ring (bicyclic) bond motifs is 2. The fraction of sp³-hybridized carbons (Fsp3) is 0.344. The first-order valence-electron chi connectivity index (χ1n) is 13.3. The summed E-state index contributed by atoms with van der Waals surface area (Å²) < 4.78 is 0. The smallest absolute Gasteiger partial charge is 0.162 e. The number of rotatable bonds is 5. The van der Waals surface area contributed by atoms with Crippen LogP contribution >= 0.6 is 0 Å². The summed E-state index contributed by atoms with van der Waals surface area (Å²) >= 11 is 0. The number of benzene rings is 2. The van der Waals surface area contributed by atoms with Crippen molar-refractivity contribution in [1.82, 2.24) is 10.2 Å². The highest BCUT2D eigenvalue weighted by atomic mass is 16.1. The summed E-state index contributed by atoms with van der Waals surface area (Å²) in [5.41, 5.74) is 6.14. The lowest BCUT2D eigenvalue weighted by Crippen LogP contribution is -2.33. The minimum absolute atomic E-state index is 0.0543. The fourth-order valence-corrected chi connectivity index (χ4v) is 6.00. The monoisotopic (exact) mass is 490 g/mol. The number of hydrogen-bond donors (Lipinski definition) is 1. The Morgan fingerprint density at radius 1 is 1.16 bits per heavy atom. The molecule has 188 valence electrons. The Balaban J connectivity index is 1.39. The van der Waals surface area contributed by atoms with Crippen LogP contribution in [0.3, 0.4) is 0 Å². The zero-order valence-corrected chi connectivity index (χ0v) is 21.5. The molecule has 5 nitrogen and oxygen atoms in total. The van der Waals surface area contributed by atoms with Crippen molar-refractivity contribution in [2.45, 2.75) is 45.4 Å². The number of carbonyl (C=O) groups is 1. The summed E-state index contributed by atoms with van der Waals surface area (Å²) in [6.07, 6.45) is 10.7. The van der Waals surface area contributed by atoms with Gasteiger partial charge < -0.3 is 4.90 Å². The van der Waals surface area contributed by atoms with Crippen LogP contribution in [0.15, 0.2) is 72.3 Å². The van der Waals surface area contributed by atoms with Gasteiger partial charge in [0.05, 0.1) is 6.07 Å².